The molecule has 0 saturated carbocycles. The van der Waals surface area contributed by atoms with Crippen LogP contribution >= 0.6 is 22.6 Å². The van der Waals surface area contributed by atoms with Crippen LogP contribution in [-0.4, -0.2) is 25.5 Å². The largest absolute Gasteiger partial charge is 0.397 e. The van der Waals surface area contributed by atoms with Crippen LogP contribution in [0, 0.1) is 3.57 Å². The highest BCUT2D eigenvalue weighted by Crippen LogP contribution is 2.31. The zero-order chi connectivity index (χ0) is 12.4. The maximum Gasteiger partial charge on any atom is 0.242 e. The van der Waals surface area contributed by atoms with Crippen molar-refractivity contribution in [3.63, 3.8) is 0 Å². The first-order chi connectivity index (χ1) is 8.13. The second-order valence-corrected chi connectivity index (χ2v) is 5.41. The molecule has 0 aliphatic carbocycles. The molecule has 1 unspecified atom stereocenters. The molecule has 1 atom stereocenters. The van der Waals surface area contributed by atoms with E-state index in [2.05, 4.69) is 32.8 Å². The number of carbonyl (C=O) groups is 1. The van der Waals surface area contributed by atoms with Crippen molar-refractivity contribution in [1.29, 1.82) is 0 Å². The topological polar surface area (TPSA) is 58.4 Å². The minimum Gasteiger partial charge on any atom is -0.397 e. The van der Waals surface area contributed by atoms with Crippen LogP contribution in [0.4, 0.5) is 11.4 Å². The molecule has 0 bridgehead atoms. The third-order valence-electron chi connectivity index (χ3n) is 3.10. The Kier molecular flexibility index (Phi) is 3.76. The monoisotopic (exact) mass is 345 g/mol. The molecular formula is C12H16IN3O. The van der Waals surface area contributed by atoms with Crippen molar-refractivity contribution < 1.29 is 4.79 Å². The molecule has 4 nitrogen and oxygen atoms in total. The lowest BCUT2D eigenvalue weighted by atomic mass is 10.2. The first kappa shape index (κ1) is 12.5. The van der Waals surface area contributed by atoms with E-state index in [4.69, 9.17) is 5.73 Å². The molecule has 1 aromatic rings. The Morgan fingerprint density at radius 2 is 2.35 bits per heavy atom. The first-order valence-corrected chi connectivity index (χ1v) is 6.74. The number of likely N-dealkylation sites (N-methyl/N-ethyl adjacent to an activating group) is 1. The van der Waals surface area contributed by atoms with Crippen LogP contribution in [0.1, 0.15) is 12.8 Å². The standard InChI is InChI=1S/C12H16IN3O/c1-15-12(17)11-3-2-6-16(11)10-5-4-8(13)7-9(10)14/h4-5,7,11H,2-3,6,14H2,1H3,(H,15,17). The number of hydrogen-bond donors (Lipinski definition) is 2. The van der Waals surface area contributed by atoms with Crippen LogP contribution in [-0.2, 0) is 4.79 Å². The number of amides is 1. The number of halogens is 1. The summed E-state index contributed by atoms with van der Waals surface area (Å²) in [7, 11) is 1.68. The Morgan fingerprint density at radius 1 is 1.59 bits per heavy atom. The summed E-state index contributed by atoms with van der Waals surface area (Å²) < 4.78 is 1.11. The Labute approximate surface area is 115 Å². The van der Waals surface area contributed by atoms with E-state index in [-0.39, 0.29) is 11.9 Å². The number of nitrogen functional groups attached to an aromatic ring is 1. The number of carbonyl (C=O) groups excluding carboxylic acids is 1. The van der Waals surface area contributed by atoms with Gasteiger partial charge in [0.25, 0.3) is 0 Å². The van der Waals surface area contributed by atoms with Crippen molar-refractivity contribution >= 4 is 39.9 Å². The number of nitrogens with zero attached hydrogens (tertiary/aromatic N) is 1. The summed E-state index contributed by atoms with van der Waals surface area (Å²) in [4.78, 5) is 13.9. The van der Waals surface area contributed by atoms with Gasteiger partial charge in [0, 0.05) is 17.2 Å². The van der Waals surface area contributed by atoms with Crippen molar-refractivity contribution in [2.75, 3.05) is 24.2 Å². The molecule has 1 saturated heterocycles. The van der Waals surface area contributed by atoms with Gasteiger partial charge in [0.1, 0.15) is 6.04 Å². The summed E-state index contributed by atoms with van der Waals surface area (Å²) in [6.45, 7) is 0.892. The van der Waals surface area contributed by atoms with E-state index in [9.17, 15) is 4.79 Å². The number of nitrogens with two attached hydrogens (primary N) is 1. The van der Waals surface area contributed by atoms with Gasteiger partial charge in [-0.05, 0) is 53.6 Å². The second-order valence-electron chi connectivity index (χ2n) is 4.17. The highest BCUT2D eigenvalue weighted by Gasteiger charge is 2.30. The Hall–Kier alpha value is -0.980. The minimum atomic E-state index is -0.0811. The van der Waals surface area contributed by atoms with E-state index >= 15 is 0 Å². The molecule has 1 aliphatic heterocycles. The summed E-state index contributed by atoms with van der Waals surface area (Å²) in [6, 6.07) is 5.88. The van der Waals surface area contributed by atoms with E-state index in [1.165, 1.54) is 0 Å². The lowest BCUT2D eigenvalue weighted by molar-refractivity contribution is -0.121. The van der Waals surface area contributed by atoms with Gasteiger partial charge in [0.15, 0.2) is 0 Å². The smallest absolute Gasteiger partial charge is 0.242 e. The first-order valence-electron chi connectivity index (χ1n) is 5.66. The van der Waals surface area contributed by atoms with Gasteiger partial charge in [0.05, 0.1) is 11.4 Å². The molecule has 92 valence electrons. The van der Waals surface area contributed by atoms with Gasteiger partial charge in [-0.1, -0.05) is 0 Å². The fourth-order valence-electron chi connectivity index (χ4n) is 2.28. The molecule has 2 rings (SSSR count). The predicted octanol–water partition coefficient (Wildman–Crippen LogP) is 1.59. The molecule has 1 aromatic carbocycles. The highest BCUT2D eigenvalue weighted by atomic mass is 127. The van der Waals surface area contributed by atoms with E-state index in [1.807, 2.05) is 18.2 Å². The SMILES string of the molecule is CNC(=O)C1CCCN1c1ccc(I)cc1N. The minimum absolute atomic E-state index is 0.0699. The number of benzene rings is 1. The zero-order valence-electron chi connectivity index (χ0n) is 9.74. The molecule has 1 fully saturated rings. The van der Waals surface area contributed by atoms with Crippen LogP contribution in [0.2, 0.25) is 0 Å². The predicted molar refractivity (Wildman–Crippen MR) is 78.0 cm³/mol. The van der Waals surface area contributed by atoms with Crippen molar-refractivity contribution in [3.05, 3.63) is 21.8 Å². The molecule has 5 heteroatoms. The van der Waals surface area contributed by atoms with Gasteiger partial charge in [-0.25, -0.2) is 0 Å². The van der Waals surface area contributed by atoms with E-state index in [0.29, 0.717) is 0 Å². The van der Waals surface area contributed by atoms with Crippen molar-refractivity contribution in [2.24, 2.45) is 0 Å². The summed E-state index contributed by atoms with van der Waals surface area (Å²) in [6.07, 6.45) is 1.93. The van der Waals surface area contributed by atoms with Crippen molar-refractivity contribution in [3.8, 4) is 0 Å². The molecule has 3 N–H and O–H groups in total. The van der Waals surface area contributed by atoms with Gasteiger partial charge in [-0.15, -0.1) is 0 Å². The summed E-state index contributed by atoms with van der Waals surface area (Å²) in [5.41, 5.74) is 7.74. The maximum absolute atomic E-state index is 11.8. The van der Waals surface area contributed by atoms with Gasteiger partial charge in [0.2, 0.25) is 5.91 Å². The van der Waals surface area contributed by atoms with E-state index in [0.717, 1.165) is 34.3 Å². The Morgan fingerprint density at radius 3 is 3.00 bits per heavy atom. The van der Waals surface area contributed by atoms with Gasteiger partial charge in [-0.2, -0.15) is 0 Å². The maximum atomic E-state index is 11.8. The summed E-state index contributed by atoms with van der Waals surface area (Å²) in [5.74, 6) is 0.0699. The molecule has 17 heavy (non-hydrogen) atoms. The Balaban J connectivity index is 2.29. The van der Waals surface area contributed by atoms with Crippen LogP contribution < -0.4 is 16.0 Å². The molecule has 0 aromatic heterocycles. The fraction of sp³-hybridized carbons (Fsp3) is 0.417. The molecule has 1 amide bonds. The van der Waals surface area contributed by atoms with Crippen LogP contribution in [0.5, 0.6) is 0 Å². The highest BCUT2D eigenvalue weighted by molar-refractivity contribution is 14.1. The number of rotatable bonds is 2. The summed E-state index contributed by atoms with van der Waals surface area (Å²) >= 11 is 2.23. The molecule has 1 heterocycles. The van der Waals surface area contributed by atoms with Crippen LogP contribution in [0.15, 0.2) is 18.2 Å². The third kappa shape index (κ3) is 2.48. The third-order valence-corrected chi connectivity index (χ3v) is 3.77. The lowest BCUT2D eigenvalue weighted by Gasteiger charge is -2.26. The van der Waals surface area contributed by atoms with Gasteiger partial charge >= 0.3 is 0 Å². The normalized spacial score (nSPS) is 19.4. The number of anilines is 2. The van der Waals surface area contributed by atoms with Crippen molar-refractivity contribution in [2.45, 2.75) is 18.9 Å². The number of nitrogens with one attached hydrogen (secondary N) is 1. The van der Waals surface area contributed by atoms with Gasteiger partial charge in [-0.3, -0.25) is 4.79 Å². The van der Waals surface area contributed by atoms with E-state index < -0.39 is 0 Å². The summed E-state index contributed by atoms with van der Waals surface area (Å²) in [5, 5.41) is 2.71. The average molecular weight is 345 g/mol. The molecular weight excluding hydrogens is 329 g/mol. The van der Waals surface area contributed by atoms with E-state index in [1.54, 1.807) is 7.05 Å². The lowest BCUT2D eigenvalue weighted by Crippen LogP contribution is -2.42. The number of hydrogen-bond acceptors (Lipinski definition) is 3. The van der Waals surface area contributed by atoms with Crippen LogP contribution in [0.25, 0.3) is 0 Å². The molecule has 0 radical (unpaired) electrons. The van der Waals surface area contributed by atoms with Gasteiger partial charge < -0.3 is 16.0 Å². The van der Waals surface area contributed by atoms with Crippen molar-refractivity contribution in [1.82, 2.24) is 5.32 Å². The average Bonchev–Trinajstić information content (AvgIpc) is 2.77. The molecule has 1 aliphatic rings. The fourth-order valence-corrected chi connectivity index (χ4v) is 2.80. The quantitative estimate of drug-likeness (QED) is 0.632. The zero-order valence-corrected chi connectivity index (χ0v) is 11.9. The molecule has 0 spiro atoms. The second kappa shape index (κ2) is 5.12. The van der Waals surface area contributed by atoms with Crippen LogP contribution in [0.3, 0.4) is 0 Å². The Bertz CT molecular complexity index is 436.